The second kappa shape index (κ2) is 8.74. The summed E-state index contributed by atoms with van der Waals surface area (Å²) in [6, 6.07) is 0. The van der Waals surface area contributed by atoms with E-state index < -0.39 is 0 Å². The van der Waals surface area contributed by atoms with E-state index in [1.807, 2.05) is 0 Å². The number of hydrogen-bond donors (Lipinski definition) is 0. The Morgan fingerprint density at radius 1 is 0.909 bits per heavy atom. The molecular formula is C22H42. The van der Waals surface area contributed by atoms with Gasteiger partial charge in [0.05, 0.1) is 0 Å². The maximum Gasteiger partial charge on any atom is -0.0380 e. The molecule has 0 aromatic carbocycles. The summed E-state index contributed by atoms with van der Waals surface area (Å²) in [7, 11) is 0. The third-order valence-electron chi connectivity index (χ3n) is 7.16. The fourth-order valence-corrected chi connectivity index (χ4v) is 5.21. The lowest BCUT2D eigenvalue weighted by molar-refractivity contribution is 0.141. The van der Waals surface area contributed by atoms with Crippen molar-refractivity contribution >= 4 is 0 Å². The molecule has 0 nitrogen and oxygen atoms in total. The van der Waals surface area contributed by atoms with Gasteiger partial charge in [0.1, 0.15) is 0 Å². The van der Waals surface area contributed by atoms with E-state index in [-0.39, 0.29) is 0 Å². The SMILES string of the molecule is CCC(C)CCCC(C)C1CC(C)CC(CC2CC2CC)C1. The smallest absolute Gasteiger partial charge is 0.0380 e. The minimum Gasteiger partial charge on any atom is -0.0651 e. The van der Waals surface area contributed by atoms with Gasteiger partial charge in [-0.1, -0.05) is 66.7 Å². The first-order valence-electron chi connectivity index (χ1n) is 10.5. The second-order valence-corrected chi connectivity index (χ2v) is 9.26. The second-order valence-electron chi connectivity index (χ2n) is 9.26. The van der Waals surface area contributed by atoms with Crippen LogP contribution in [-0.4, -0.2) is 0 Å². The average molecular weight is 307 g/mol. The zero-order chi connectivity index (χ0) is 16.1. The third-order valence-corrected chi connectivity index (χ3v) is 7.16. The summed E-state index contributed by atoms with van der Waals surface area (Å²) in [6.07, 6.45) is 14.9. The minimum atomic E-state index is 0.936. The number of hydrogen-bond acceptors (Lipinski definition) is 0. The Morgan fingerprint density at radius 2 is 1.68 bits per heavy atom. The van der Waals surface area contributed by atoms with Crippen molar-refractivity contribution in [3.63, 3.8) is 0 Å². The van der Waals surface area contributed by atoms with Gasteiger partial charge in [-0.3, -0.25) is 0 Å². The summed E-state index contributed by atoms with van der Waals surface area (Å²) in [5, 5.41) is 0. The highest BCUT2D eigenvalue weighted by Crippen LogP contribution is 2.49. The highest BCUT2D eigenvalue weighted by Gasteiger charge is 2.39. The van der Waals surface area contributed by atoms with Crippen molar-refractivity contribution in [3.05, 3.63) is 0 Å². The molecule has 2 aliphatic rings. The molecule has 0 heterocycles. The van der Waals surface area contributed by atoms with Gasteiger partial charge in [0.15, 0.2) is 0 Å². The van der Waals surface area contributed by atoms with Crippen molar-refractivity contribution in [1.82, 2.24) is 0 Å². The summed E-state index contributed by atoms with van der Waals surface area (Å²) in [5.74, 6) is 7.20. The summed E-state index contributed by atoms with van der Waals surface area (Å²) in [4.78, 5) is 0. The van der Waals surface area contributed by atoms with Gasteiger partial charge in [-0.15, -0.1) is 0 Å². The van der Waals surface area contributed by atoms with Gasteiger partial charge >= 0.3 is 0 Å². The molecule has 2 rings (SSSR count). The lowest BCUT2D eigenvalue weighted by atomic mass is 9.69. The molecule has 0 spiro atoms. The van der Waals surface area contributed by atoms with Gasteiger partial charge < -0.3 is 0 Å². The number of rotatable bonds is 9. The van der Waals surface area contributed by atoms with Gasteiger partial charge in [-0.25, -0.2) is 0 Å². The lowest BCUT2D eigenvalue weighted by Crippen LogP contribution is -2.26. The molecule has 0 radical (unpaired) electrons. The van der Waals surface area contributed by atoms with Crippen molar-refractivity contribution in [2.24, 2.45) is 41.4 Å². The molecule has 2 fully saturated rings. The predicted octanol–water partition coefficient (Wildman–Crippen LogP) is 7.33. The van der Waals surface area contributed by atoms with E-state index in [0.29, 0.717) is 0 Å². The van der Waals surface area contributed by atoms with Crippen LogP contribution in [0.1, 0.15) is 98.8 Å². The zero-order valence-electron chi connectivity index (χ0n) is 16.1. The third kappa shape index (κ3) is 5.57. The molecular weight excluding hydrogens is 264 g/mol. The molecule has 2 saturated carbocycles. The van der Waals surface area contributed by atoms with Crippen LogP contribution in [0.4, 0.5) is 0 Å². The Kier molecular flexibility index (Phi) is 7.29. The molecule has 0 aliphatic heterocycles. The Labute approximate surface area is 140 Å². The van der Waals surface area contributed by atoms with E-state index in [1.165, 1.54) is 44.9 Å². The first-order chi connectivity index (χ1) is 10.5. The van der Waals surface area contributed by atoms with Crippen molar-refractivity contribution in [2.75, 3.05) is 0 Å². The minimum absolute atomic E-state index is 0.936. The summed E-state index contributed by atoms with van der Waals surface area (Å²) < 4.78 is 0. The van der Waals surface area contributed by atoms with Crippen molar-refractivity contribution < 1.29 is 0 Å². The van der Waals surface area contributed by atoms with Crippen LogP contribution >= 0.6 is 0 Å². The van der Waals surface area contributed by atoms with Crippen LogP contribution in [0.25, 0.3) is 0 Å². The van der Waals surface area contributed by atoms with E-state index in [4.69, 9.17) is 0 Å². The van der Waals surface area contributed by atoms with Crippen LogP contribution in [0.3, 0.4) is 0 Å². The van der Waals surface area contributed by atoms with Crippen molar-refractivity contribution in [3.8, 4) is 0 Å². The standard InChI is InChI=1S/C22H42/c1-6-16(3)9-8-10-18(5)21-12-17(4)11-19(13-21)14-22-15-20(22)7-2/h16-22H,6-15H2,1-5H3. The Morgan fingerprint density at radius 3 is 2.32 bits per heavy atom. The quantitative estimate of drug-likeness (QED) is 0.418. The molecule has 0 saturated heterocycles. The van der Waals surface area contributed by atoms with Crippen LogP contribution in [0, 0.1) is 41.4 Å². The molecule has 0 aromatic heterocycles. The molecule has 0 amide bonds. The highest BCUT2D eigenvalue weighted by molar-refractivity contribution is 4.89. The summed E-state index contributed by atoms with van der Waals surface area (Å²) in [6.45, 7) is 12.2. The molecule has 0 aromatic rings. The topological polar surface area (TPSA) is 0 Å². The van der Waals surface area contributed by atoms with E-state index in [1.54, 1.807) is 19.3 Å². The Hall–Kier alpha value is 0. The van der Waals surface area contributed by atoms with Crippen molar-refractivity contribution in [1.29, 1.82) is 0 Å². The average Bonchev–Trinajstić information content (AvgIpc) is 3.24. The van der Waals surface area contributed by atoms with Crippen LogP contribution in [0.5, 0.6) is 0 Å². The van der Waals surface area contributed by atoms with Gasteiger partial charge in [0, 0.05) is 0 Å². The summed E-state index contributed by atoms with van der Waals surface area (Å²) >= 11 is 0. The summed E-state index contributed by atoms with van der Waals surface area (Å²) in [5.41, 5.74) is 0. The predicted molar refractivity (Wildman–Crippen MR) is 99.0 cm³/mol. The molecule has 130 valence electrons. The van der Waals surface area contributed by atoms with E-state index in [9.17, 15) is 0 Å². The van der Waals surface area contributed by atoms with Gasteiger partial charge in [0.25, 0.3) is 0 Å². The first-order valence-corrected chi connectivity index (χ1v) is 10.5. The molecule has 0 bridgehead atoms. The Bertz CT molecular complexity index is 307. The van der Waals surface area contributed by atoms with E-state index in [0.717, 1.165) is 41.4 Å². The molecule has 22 heavy (non-hydrogen) atoms. The monoisotopic (exact) mass is 306 g/mol. The van der Waals surface area contributed by atoms with Crippen LogP contribution in [-0.2, 0) is 0 Å². The Balaban J connectivity index is 1.72. The molecule has 0 N–H and O–H groups in total. The molecule has 2 aliphatic carbocycles. The van der Waals surface area contributed by atoms with Crippen LogP contribution < -0.4 is 0 Å². The van der Waals surface area contributed by atoms with Gasteiger partial charge in [-0.05, 0) is 73.5 Å². The van der Waals surface area contributed by atoms with E-state index >= 15 is 0 Å². The molecule has 0 heteroatoms. The fourth-order valence-electron chi connectivity index (χ4n) is 5.21. The van der Waals surface area contributed by atoms with Gasteiger partial charge in [-0.2, -0.15) is 0 Å². The molecule has 7 atom stereocenters. The fraction of sp³-hybridized carbons (Fsp3) is 1.00. The lowest BCUT2D eigenvalue weighted by Gasteiger charge is -2.37. The van der Waals surface area contributed by atoms with Crippen LogP contribution in [0.2, 0.25) is 0 Å². The van der Waals surface area contributed by atoms with E-state index in [2.05, 4.69) is 34.6 Å². The maximum absolute atomic E-state index is 2.56. The maximum atomic E-state index is 2.56. The van der Waals surface area contributed by atoms with Gasteiger partial charge in [0.2, 0.25) is 0 Å². The van der Waals surface area contributed by atoms with Crippen molar-refractivity contribution in [2.45, 2.75) is 98.8 Å². The normalized spacial score (nSPS) is 37.8. The first kappa shape index (κ1) is 18.3. The van der Waals surface area contributed by atoms with Crippen LogP contribution in [0.15, 0.2) is 0 Å². The molecule has 7 unspecified atom stereocenters. The largest absolute Gasteiger partial charge is 0.0651 e. The highest BCUT2D eigenvalue weighted by atomic mass is 14.4. The zero-order valence-corrected chi connectivity index (χ0v) is 16.1.